The number of hydrogen-bond acceptors (Lipinski definition) is 4. The van der Waals surface area contributed by atoms with Crippen molar-refractivity contribution in [3.8, 4) is 0 Å². The van der Waals surface area contributed by atoms with Gasteiger partial charge in [0.1, 0.15) is 5.60 Å². The Morgan fingerprint density at radius 2 is 2.15 bits per heavy atom. The fourth-order valence-electron chi connectivity index (χ4n) is 3.20. The van der Waals surface area contributed by atoms with Crippen LogP contribution in [0.1, 0.15) is 24.8 Å². The van der Waals surface area contributed by atoms with Crippen molar-refractivity contribution in [1.82, 2.24) is 4.98 Å². The molecule has 0 aliphatic heterocycles. The molecule has 5 heteroatoms. The summed E-state index contributed by atoms with van der Waals surface area (Å²) in [5.74, 6) is 0. The lowest BCUT2D eigenvalue weighted by Crippen LogP contribution is -2.39. The SMILES string of the molecule is CS(=O)(=O)C1CCCC1(O)c1ccc2ncccc2c1. The van der Waals surface area contributed by atoms with E-state index in [1.807, 2.05) is 24.3 Å². The lowest BCUT2D eigenvalue weighted by atomic mass is 9.91. The van der Waals surface area contributed by atoms with E-state index in [4.69, 9.17) is 0 Å². The molecule has 2 atom stereocenters. The van der Waals surface area contributed by atoms with Crippen LogP contribution in [0.2, 0.25) is 0 Å². The van der Waals surface area contributed by atoms with E-state index >= 15 is 0 Å². The Morgan fingerprint density at radius 1 is 1.35 bits per heavy atom. The summed E-state index contributed by atoms with van der Waals surface area (Å²) in [6.07, 6.45) is 4.64. The normalized spacial score (nSPS) is 27.0. The Balaban J connectivity index is 2.13. The number of hydrogen-bond donors (Lipinski definition) is 1. The first-order chi connectivity index (χ1) is 9.41. The minimum Gasteiger partial charge on any atom is -0.384 e. The van der Waals surface area contributed by atoms with Crippen LogP contribution in [0.4, 0.5) is 0 Å². The van der Waals surface area contributed by atoms with Crippen LogP contribution in [0.5, 0.6) is 0 Å². The summed E-state index contributed by atoms with van der Waals surface area (Å²) in [5.41, 5.74) is 0.233. The third-order valence-corrected chi connectivity index (χ3v) is 5.84. The van der Waals surface area contributed by atoms with Gasteiger partial charge in [0.25, 0.3) is 0 Å². The first kappa shape index (κ1) is 13.5. The molecule has 1 fully saturated rings. The number of rotatable bonds is 2. The van der Waals surface area contributed by atoms with Gasteiger partial charge in [-0.25, -0.2) is 8.42 Å². The molecule has 0 radical (unpaired) electrons. The molecule has 1 aliphatic rings. The van der Waals surface area contributed by atoms with Crippen LogP contribution >= 0.6 is 0 Å². The van der Waals surface area contributed by atoms with E-state index in [1.165, 1.54) is 6.26 Å². The molecule has 20 heavy (non-hydrogen) atoms. The zero-order valence-corrected chi connectivity index (χ0v) is 12.1. The molecule has 2 unspecified atom stereocenters. The Kier molecular flexibility index (Phi) is 3.06. The lowest BCUT2D eigenvalue weighted by Gasteiger charge is -2.29. The number of fused-ring (bicyclic) bond motifs is 1. The van der Waals surface area contributed by atoms with Crippen LogP contribution in [0.3, 0.4) is 0 Å². The third kappa shape index (κ3) is 2.11. The van der Waals surface area contributed by atoms with Crippen molar-refractivity contribution in [2.45, 2.75) is 30.1 Å². The van der Waals surface area contributed by atoms with Crippen molar-refractivity contribution in [2.75, 3.05) is 6.26 Å². The number of aromatic nitrogens is 1. The Labute approximate surface area is 118 Å². The van der Waals surface area contributed by atoms with Gasteiger partial charge in [-0.1, -0.05) is 12.1 Å². The van der Waals surface area contributed by atoms with E-state index in [1.54, 1.807) is 12.3 Å². The number of aliphatic hydroxyl groups is 1. The number of benzene rings is 1. The predicted octanol–water partition coefficient (Wildman–Crippen LogP) is 2.02. The highest BCUT2D eigenvalue weighted by atomic mass is 32.2. The second-order valence-electron chi connectivity index (χ2n) is 5.55. The van der Waals surface area contributed by atoms with Crippen molar-refractivity contribution in [2.24, 2.45) is 0 Å². The first-order valence-corrected chi connectivity index (χ1v) is 8.63. The molecule has 3 rings (SSSR count). The molecule has 106 valence electrons. The third-order valence-electron chi connectivity index (χ3n) is 4.18. The summed E-state index contributed by atoms with van der Waals surface area (Å²) in [4.78, 5) is 4.24. The van der Waals surface area contributed by atoms with E-state index in [0.717, 1.165) is 17.3 Å². The maximum Gasteiger partial charge on any atom is 0.153 e. The summed E-state index contributed by atoms with van der Waals surface area (Å²) >= 11 is 0. The molecule has 0 spiro atoms. The molecule has 1 N–H and O–H groups in total. The first-order valence-electron chi connectivity index (χ1n) is 6.68. The van der Waals surface area contributed by atoms with Gasteiger partial charge in [0.05, 0.1) is 10.8 Å². The van der Waals surface area contributed by atoms with Gasteiger partial charge in [0.15, 0.2) is 9.84 Å². The number of sulfone groups is 1. The Hall–Kier alpha value is -1.46. The van der Waals surface area contributed by atoms with Crippen molar-refractivity contribution >= 4 is 20.7 Å². The van der Waals surface area contributed by atoms with Gasteiger partial charge in [-0.15, -0.1) is 0 Å². The van der Waals surface area contributed by atoms with Crippen LogP contribution in [0.15, 0.2) is 36.5 Å². The number of pyridine rings is 1. The van der Waals surface area contributed by atoms with E-state index in [0.29, 0.717) is 18.4 Å². The fourth-order valence-corrected chi connectivity index (χ4v) is 4.76. The van der Waals surface area contributed by atoms with Crippen LogP contribution in [0.25, 0.3) is 10.9 Å². The predicted molar refractivity (Wildman–Crippen MR) is 78.1 cm³/mol. The zero-order valence-electron chi connectivity index (χ0n) is 11.3. The van der Waals surface area contributed by atoms with E-state index in [2.05, 4.69) is 4.98 Å². The standard InChI is InChI=1S/C15H17NO3S/c1-20(18,19)14-5-2-8-15(14,17)12-6-7-13-11(10-12)4-3-9-16-13/h3-4,6-7,9-10,14,17H,2,5,8H2,1H3. The second kappa shape index (κ2) is 4.53. The molecule has 2 aromatic rings. The summed E-state index contributed by atoms with van der Waals surface area (Å²) in [6.45, 7) is 0. The van der Waals surface area contributed by atoms with Gasteiger partial charge in [0.2, 0.25) is 0 Å². The highest BCUT2D eigenvalue weighted by Crippen LogP contribution is 2.43. The van der Waals surface area contributed by atoms with Crippen molar-refractivity contribution in [1.29, 1.82) is 0 Å². The summed E-state index contributed by atoms with van der Waals surface area (Å²) in [5, 5.41) is 11.1. The van der Waals surface area contributed by atoms with Crippen LogP contribution in [0, 0.1) is 0 Å². The lowest BCUT2D eigenvalue weighted by molar-refractivity contribution is 0.0478. The molecule has 4 nitrogen and oxygen atoms in total. The van der Waals surface area contributed by atoms with Crippen LogP contribution in [-0.2, 0) is 15.4 Å². The molecule has 1 saturated carbocycles. The molecule has 0 bridgehead atoms. The molecule has 1 heterocycles. The average molecular weight is 291 g/mol. The van der Waals surface area contributed by atoms with Crippen LogP contribution in [-0.4, -0.2) is 30.0 Å². The molecule has 0 saturated heterocycles. The largest absolute Gasteiger partial charge is 0.384 e. The summed E-state index contributed by atoms with van der Waals surface area (Å²) < 4.78 is 23.8. The van der Waals surface area contributed by atoms with Gasteiger partial charge in [0, 0.05) is 17.8 Å². The molecule has 1 aromatic heterocycles. The summed E-state index contributed by atoms with van der Waals surface area (Å²) in [6, 6.07) is 9.23. The number of nitrogens with zero attached hydrogens (tertiary/aromatic N) is 1. The molecule has 0 amide bonds. The van der Waals surface area contributed by atoms with Gasteiger partial charge in [-0.05, 0) is 43.0 Å². The molecular formula is C15H17NO3S. The highest BCUT2D eigenvalue weighted by molar-refractivity contribution is 7.91. The van der Waals surface area contributed by atoms with Crippen LogP contribution < -0.4 is 0 Å². The van der Waals surface area contributed by atoms with Gasteiger partial charge in [-0.3, -0.25) is 4.98 Å². The van der Waals surface area contributed by atoms with Crippen molar-refractivity contribution in [3.63, 3.8) is 0 Å². The smallest absolute Gasteiger partial charge is 0.153 e. The van der Waals surface area contributed by atoms with E-state index in [-0.39, 0.29) is 0 Å². The second-order valence-corrected chi connectivity index (χ2v) is 7.77. The minimum atomic E-state index is -3.28. The molecular weight excluding hydrogens is 274 g/mol. The van der Waals surface area contributed by atoms with Gasteiger partial charge in [-0.2, -0.15) is 0 Å². The Morgan fingerprint density at radius 3 is 2.90 bits per heavy atom. The highest BCUT2D eigenvalue weighted by Gasteiger charge is 2.48. The van der Waals surface area contributed by atoms with E-state index in [9.17, 15) is 13.5 Å². The zero-order chi connectivity index (χ0) is 14.4. The maximum atomic E-state index is 11.9. The van der Waals surface area contributed by atoms with Crippen molar-refractivity contribution < 1.29 is 13.5 Å². The van der Waals surface area contributed by atoms with Crippen molar-refractivity contribution in [3.05, 3.63) is 42.1 Å². The summed E-state index contributed by atoms with van der Waals surface area (Å²) in [7, 11) is -3.28. The maximum absolute atomic E-state index is 11.9. The Bertz CT molecular complexity index is 757. The van der Waals surface area contributed by atoms with Gasteiger partial charge >= 0.3 is 0 Å². The topological polar surface area (TPSA) is 67.3 Å². The van der Waals surface area contributed by atoms with Gasteiger partial charge < -0.3 is 5.11 Å². The fraction of sp³-hybridized carbons (Fsp3) is 0.400. The quantitative estimate of drug-likeness (QED) is 0.919. The molecule has 1 aliphatic carbocycles. The average Bonchev–Trinajstić information content (AvgIpc) is 2.81. The molecule has 1 aromatic carbocycles. The van der Waals surface area contributed by atoms with E-state index < -0.39 is 20.7 Å². The minimum absolute atomic E-state index is 0.483. The monoisotopic (exact) mass is 291 g/mol.